The van der Waals surface area contributed by atoms with Crippen LogP contribution in [-0.2, 0) is 19.1 Å². The summed E-state index contributed by atoms with van der Waals surface area (Å²) < 4.78 is 10.7. The molecule has 2 bridgehead atoms. The first-order valence-electron chi connectivity index (χ1n) is 9.81. The van der Waals surface area contributed by atoms with Gasteiger partial charge in [-0.3, -0.25) is 4.79 Å². The predicted octanol–water partition coefficient (Wildman–Crippen LogP) is 2.60. The number of carbonyl (C=O) groups excluding carboxylic acids is 3. The average molecular weight is 376 g/mol. The van der Waals surface area contributed by atoms with Gasteiger partial charge in [0.1, 0.15) is 12.2 Å². The standard InChI is InChI=1S/C20H28N2O5/c1-12-15(11-26-16(12)23)21-8-7-20(17(21)24)9-13-5-6-14(10-20)22(13)18(25)27-19(2,3)4/h13-14H,5-11H2,1-4H3/t13-,14+,20+. The number of fused-ring (bicyclic) bond motifs is 2. The van der Waals surface area contributed by atoms with Crippen molar-refractivity contribution in [3.05, 3.63) is 11.3 Å². The Morgan fingerprint density at radius 3 is 2.33 bits per heavy atom. The molecular formula is C20H28N2O5. The van der Waals surface area contributed by atoms with Crippen LogP contribution >= 0.6 is 0 Å². The molecule has 0 aromatic carbocycles. The molecule has 4 aliphatic rings. The third-order valence-electron chi connectivity index (χ3n) is 6.39. The summed E-state index contributed by atoms with van der Waals surface area (Å²) in [7, 11) is 0. The fraction of sp³-hybridized carbons (Fsp3) is 0.750. The fourth-order valence-electron chi connectivity index (χ4n) is 5.17. The van der Waals surface area contributed by atoms with E-state index in [-0.39, 0.29) is 36.7 Å². The van der Waals surface area contributed by atoms with E-state index < -0.39 is 11.0 Å². The van der Waals surface area contributed by atoms with E-state index in [1.807, 2.05) is 25.7 Å². The highest BCUT2D eigenvalue weighted by molar-refractivity contribution is 5.94. The SMILES string of the molecule is CC1=C(N2CC[C@@]3(C[C@H]4CC[C@@H](C3)N4C(=O)OC(C)(C)C)C2=O)COC1=O. The minimum atomic E-state index is -0.523. The van der Waals surface area contributed by atoms with Crippen molar-refractivity contribution in [2.45, 2.75) is 77.5 Å². The van der Waals surface area contributed by atoms with Crippen molar-refractivity contribution >= 4 is 18.0 Å². The van der Waals surface area contributed by atoms with E-state index in [0.717, 1.165) is 19.3 Å². The molecule has 0 aliphatic carbocycles. The Kier molecular flexibility index (Phi) is 4.05. The van der Waals surface area contributed by atoms with Gasteiger partial charge < -0.3 is 19.3 Å². The molecule has 1 spiro atoms. The van der Waals surface area contributed by atoms with Crippen LogP contribution in [-0.4, -0.2) is 58.6 Å². The largest absolute Gasteiger partial charge is 0.456 e. The highest BCUT2D eigenvalue weighted by atomic mass is 16.6. The maximum Gasteiger partial charge on any atom is 0.410 e. The molecule has 148 valence electrons. The van der Waals surface area contributed by atoms with Crippen LogP contribution in [0.3, 0.4) is 0 Å². The zero-order valence-corrected chi connectivity index (χ0v) is 16.5. The monoisotopic (exact) mass is 376 g/mol. The highest BCUT2D eigenvalue weighted by Crippen LogP contribution is 2.52. The molecule has 0 saturated carbocycles. The third-order valence-corrected chi connectivity index (χ3v) is 6.39. The Labute approximate surface area is 159 Å². The van der Waals surface area contributed by atoms with Crippen LogP contribution in [0.15, 0.2) is 11.3 Å². The van der Waals surface area contributed by atoms with Crippen molar-refractivity contribution in [1.29, 1.82) is 0 Å². The lowest BCUT2D eigenvalue weighted by Crippen LogP contribution is -2.53. The minimum absolute atomic E-state index is 0.0547. The van der Waals surface area contributed by atoms with E-state index >= 15 is 0 Å². The molecule has 0 aromatic heterocycles. The van der Waals surface area contributed by atoms with Gasteiger partial charge >= 0.3 is 12.1 Å². The maximum absolute atomic E-state index is 13.3. The van der Waals surface area contributed by atoms with Gasteiger partial charge in [0.25, 0.3) is 0 Å². The van der Waals surface area contributed by atoms with Gasteiger partial charge in [-0.15, -0.1) is 0 Å². The van der Waals surface area contributed by atoms with Crippen molar-refractivity contribution < 1.29 is 23.9 Å². The molecule has 3 saturated heterocycles. The number of amides is 2. The summed E-state index contributed by atoms with van der Waals surface area (Å²) in [6.45, 7) is 8.14. The number of carbonyl (C=O) groups is 3. The number of cyclic esters (lactones) is 1. The first-order chi connectivity index (χ1) is 12.6. The molecule has 4 rings (SSSR count). The first-order valence-corrected chi connectivity index (χ1v) is 9.81. The van der Waals surface area contributed by atoms with Crippen molar-refractivity contribution in [3.8, 4) is 0 Å². The number of esters is 1. The number of hydrogen-bond acceptors (Lipinski definition) is 5. The van der Waals surface area contributed by atoms with Gasteiger partial charge in [0.15, 0.2) is 0 Å². The van der Waals surface area contributed by atoms with Crippen LogP contribution in [0.2, 0.25) is 0 Å². The lowest BCUT2D eigenvalue weighted by atomic mass is 9.73. The van der Waals surface area contributed by atoms with Crippen LogP contribution in [0.5, 0.6) is 0 Å². The van der Waals surface area contributed by atoms with Gasteiger partial charge in [-0.2, -0.15) is 0 Å². The molecule has 7 nitrogen and oxygen atoms in total. The van der Waals surface area contributed by atoms with Gasteiger partial charge in [0, 0.05) is 18.6 Å². The van der Waals surface area contributed by atoms with Gasteiger partial charge in [0.2, 0.25) is 5.91 Å². The number of likely N-dealkylation sites (tertiary alicyclic amines) is 1. The van der Waals surface area contributed by atoms with Crippen molar-refractivity contribution in [2.75, 3.05) is 13.2 Å². The summed E-state index contributed by atoms with van der Waals surface area (Å²) in [5.74, 6) is -0.241. The fourth-order valence-corrected chi connectivity index (χ4v) is 5.17. The molecule has 4 heterocycles. The maximum atomic E-state index is 13.3. The molecule has 3 atom stereocenters. The molecule has 2 amide bonds. The molecule has 0 unspecified atom stereocenters. The van der Waals surface area contributed by atoms with Gasteiger partial charge in [0.05, 0.1) is 16.7 Å². The van der Waals surface area contributed by atoms with E-state index in [0.29, 0.717) is 30.7 Å². The Bertz CT molecular complexity index is 721. The summed E-state index contributed by atoms with van der Waals surface area (Å²) in [6.07, 6.45) is 3.70. The van der Waals surface area contributed by atoms with E-state index in [1.165, 1.54) is 0 Å². The predicted molar refractivity (Wildman–Crippen MR) is 96.5 cm³/mol. The second-order valence-electron chi connectivity index (χ2n) is 9.32. The van der Waals surface area contributed by atoms with Gasteiger partial charge in [-0.25, -0.2) is 9.59 Å². The lowest BCUT2D eigenvalue weighted by molar-refractivity contribution is -0.139. The van der Waals surface area contributed by atoms with Crippen molar-refractivity contribution in [2.24, 2.45) is 5.41 Å². The number of hydrogen-bond donors (Lipinski definition) is 0. The van der Waals surface area contributed by atoms with Crippen molar-refractivity contribution in [1.82, 2.24) is 9.80 Å². The summed E-state index contributed by atoms with van der Waals surface area (Å²) in [6, 6.07) is 0.109. The van der Waals surface area contributed by atoms with Gasteiger partial charge in [-0.05, 0) is 59.8 Å². The lowest BCUT2D eigenvalue weighted by Gasteiger charge is -2.43. The summed E-state index contributed by atoms with van der Waals surface area (Å²) in [5, 5.41) is 0. The number of piperidine rings is 1. The summed E-state index contributed by atoms with van der Waals surface area (Å²) >= 11 is 0. The van der Waals surface area contributed by atoms with E-state index in [2.05, 4.69) is 0 Å². The zero-order valence-electron chi connectivity index (χ0n) is 16.5. The highest BCUT2D eigenvalue weighted by Gasteiger charge is 2.58. The van der Waals surface area contributed by atoms with E-state index in [9.17, 15) is 14.4 Å². The normalized spacial score (nSPS) is 33.3. The third kappa shape index (κ3) is 2.91. The molecule has 7 heteroatoms. The number of nitrogens with zero attached hydrogens (tertiary/aromatic N) is 2. The molecule has 3 fully saturated rings. The second kappa shape index (κ2) is 5.97. The van der Waals surface area contributed by atoms with Crippen LogP contribution < -0.4 is 0 Å². The summed E-state index contributed by atoms with van der Waals surface area (Å²) in [5.41, 5.74) is 0.298. The molecular weight excluding hydrogens is 348 g/mol. The Morgan fingerprint density at radius 1 is 1.19 bits per heavy atom. The number of rotatable bonds is 1. The Balaban J connectivity index is 1.52. The minimum Gasteiger partial charge on any atom is -0.456 e. The molecule has 0 N–H and O–H groups in total. The summed E-state index contributed by atoms with van der Waals surface area (Å²) in [4.78, 5) is 41.3. The smallest absolute Gasteiger partial charge is 0.410 e. The van der Waals surface area contributed by atoms with Gasteiger partial charge in [-0.1, -0.05) is 0 Å². The van der Waals surface area contributed by atoms with Crippen LogP contribution in [0, 0.1) is 5.41 Å². The Morgan fingerprint density at radius 2 is 1.81 bits per heavy atom. The average Bonchev–Trinajstić information content (AvgIpc) is 3.14. The quantitative estimate of drug-likeness (QED) is 0.658. The van der Waals surface area contributed by atoms with Crippen LogP contribution in [0.1, 0.15) is 59.8 Å². The topological polar surface area (TPSA) is 76.2 Å². The Hall–Kier alpha value is -2.05. The molecule has 0 aromatic rings. The van der Waals surface area contributed by atoms with Crippen LogP contribution in [0.4, 0.5) is 4.79 Å². The van der Waals surface area contributed by atoms with Crippen LogP contribution in [0.25, 0.3) is 0 Å². The molecule has 0 radical (unpaired) electrons. The molecule has 27 heavy (non-hydrogen) atoms. The molecule has 4 aliphatic heterocycles. The van der Waals surface area contributed by atoms with Crippen molar-refractivity contribution in [3.63, 3.8) is 0 Å². The number of ether oxygens (including phenoxy) is 2. The second-order valence-corrected chi connectivity index (χ2v) is 9.32. The zero-order chi connectivity index (χ0) is 19.6. The van der Waals surface area contributed by atoms with E-state index in [4.69, 9.17) is 9.47 Å². The van der Waals surface area contributed by atoms with E-state index in [1.54, 1.807) is 11.8 Å². The first kappa shape index (κ1) is 18.3.